The minimum absolute atomic E-state index is 0.0794. The molecule has 1 saturated carbocycles. The van der Waals surface area contributed by atoms with E-state index in [1.54, 1.807) is 24.3 Å². The molecule has 0 radical (unpaired) electrons. The maximum atomic E-state index is 12.5. The number of ether oxygens (including phenoxy) is 1. The summed E-state index contributed by atoms with van der Waals surface area (Å²) < 4.78 is 11.5. The molecule has 5 rings (SSSR count). The molecule has 1 N–H and O–H groups in total. The highest BCUT2D eigenvalue weighted by Gasteiger charge is 2.16. The number of anilines is 1. The van der Waals surface area contributed by atoms with Crippen molar-refractivity contribution in [3.8, 4) is 17.2 Å². The molecule has 1 aliphatic carbocycles. The van der Waals surface area contributed by atoms with Crippen molar-refractivity contribution in [2.24, 2.45) is 0 Å². The highest BCUT2D eigenvalue weighted by molar-refractivity contribution is 6.38. The normalized spacial score (nSPS) is 14.3. The molecule has 0 unspecified atom stereocenters. The van der Waals surface area contributed by atoms with Crippen molar-refractivity contribution < 1.29 is 13.9 Å². The molecule has 174 valence electrons. The van der Waals surface area contributed by atoms with Crippen LogP contribution in [-0.4, -0.2) is 17.5 Å². The molecule has 0 aliphatic heterocycles. The predicted octanol–water partition coefficient (Wildman–Crippen LogP) is 7.87. The van der Waals surface area contributed by atoms with Gasteiger partial charge in [0.05, 0.1) is 5.02 Å². The van der Waals surface area contributed by atoms with Crippen LogP contribution in [0.15, 0.2) is 65.1 Å². The molecule has 1 amide bonds. The fourth-order valence-electron chi connectivity index (χ4n) is 4.43. The predicted molar refractivity (Wildman–Crippen MR) is 136 cm³/mol. The van der Waals surface area contributed by atoms with E-state index in [1.807, 2.05) is 24.3 Å². The summed E-state index contributed by atoms with van der Waals surface area (Å²) in [5, 5.41) is 3.74. The Bertz CT molecular complexity index is 1310. The molecule has 7 heteroatoms. The summed E-state index contributed by atoms with van der Waals surface area (Å²) in [6.45, 7) is -0.0794. The first kappa shape index (κ1) is 22.8. The van der Waals surface area contributed by atoms with E-state index in [2.05, 4.69) is 22.4 Å². The van der Waals surface area contributed by atoms with Crippen LogP contribution in [0.2, 0.25) is 10.0 Å². The van der Waals surface area contributed by atoms with Crippen molar-refractivity contribution in [3.63, 3.8) is 0 Å². The second-order valence-corrected chi connectivity index (χ2v) is 9.42. The lowest BCUT2D eigenvalue weighted by Gasteiger charge is -2.22. The van der Waals surface area contributed by atoms with E-state index >= 15 is 0 Å². The number of carbonyl (C=O) groups is 1. The number of amides is 1. The summed E-state index contributed by atoms with van der Waals surface area (Å²) in [7, 11) is 0. The van der Waals surface area contributed by atoms with Gasteiger partial charge in [-0.25, -0.2) is 4.98 Å². The van der Waals surface area contributed by atoms with Crippen LogP contribution >= 0.6 is 23.2 Å². The quantitative estimate of drug-likeness (QED) is 0.296. The Labute approximate surface area is 208 Å². The molecule has 5 nitrogen and oxygen atoms in total. The van der Waals surface area contributed by atoms with Crippen molar-refractivity contribution in [3.05, 3.63) is 76.3 Å². The highest BCUT2D eigenvalue weighted by atomic mass is 35.5. The van der Waals surface area contributed by atoms with Crippen molar-refractivity contribution in [2.75, 3.05) is 11.9 Å². The van der Waals surface area contributed by atoms with Crippen LogP contribution in [-0.2, 0) is 4.79 Å². The summed E-state index contributed by atoms with van der Waals surface area (Å²) in [5.74, 6) is 1.48. The molecule has 1 aromatic heterocycles. The average Bonchev–Trinajstić information content (AvgIpc) is 3.28. The third-order valence-electron chi connectivity index (χ3n) is 6.13. The molecule has 3 aromatic carbocycles. The Morgan fingerprint density at radius 3 is 2.62 bits per heavy atom. The lowest BCUT2D eigenvalue weighted by atomic mass is 9.84. The summed E-state index contributed by atoms with van der Waals surface area (Å²) in [6.07, 6.45) is 6.46. The Kier molecular flexibility index (Phi) is 6.75. The van der Waals surface area contributed by atoms with Gasteiger partial charge in [-0.05, 0) is 66.8 Å². The maximum absolute atomic E-state index is 12.5. The van der Waals surface area contributed by atoms with Gasteiger partial charge in [0.15, 0.2) is 12.2 Å². The Morgan fingerprint density at radius 1 is 1.03 bits per heavy atom. The lowest BCUT2D eigenvalue weighted by Crippen LogP contribution is -2.20. The minimum atomic E-state index is -0.249. The molecule has 0 bridgehead atoms. The summed E-state index contributed by atoms with van der Waals surface area (Å²) in [4.78, 5) is 16.9. The Balaban J connectivity index is 1.21. The van der Waals surface area contributed by atoms with E-state index in [4.69, 9.17) is 32.4 Å². The van der Waals surface area contributed by atoms with Crippen LogP contribution in [0.3, 0.4) is 0 Å². The molecular weight excluding hydrogens is 471 g/mol. The van der Waals surface area contributed by atoms with Gasteiger partial charge in [-0.3, -0.25) is 4.79 Å². The van der Waals surface area contributed by atoms with E-state index in [0.717, 1.165) is 0 Å². The van der Waals surface area contributed by atoms with Crippen molar-refractivity contribution in [1.82, 2.24) is 4.98 Å². The topological polar surface area (TPSA) is 64.4 Å². The first-order valence-corrected chi connectivity index (χ1v) is 12.2. The van der Waals surface area contributed by atoms with Crippen molar-refractivity contribution >= 4 is 45.9 Å². The standard InChI is InChI=1S/C27H24Cl2N2O3/c28-20-14-23(29)26-24(15-20)31-27(34-26)19-7-4-8-21(13-19)30-25(32)16-33-22-11-9-18(10-12-22)17-5-2-1-3-6-17/h4,7-15,17H,1-3,5-6,16H2,(H,30,32). The number of hydrogen-bond donors (Lipinski definition) is 1. The summed E-state index contributed by atoms with van der Waals surface area (Å²) in [5.41, 5.74) is 3.73. The van der Waals surface area contributed by atoms with Crippen molar-refractivity contribution in [1.29, 1.82) is 0 Å². The van der Waals surface area contributed by atoms with Crippen LogP contribution in [0.5, 0.6) is 5.75 Å². The number of fused-ring (bicyclic) bond motifs is 1. The number of nitrogens with one attached hydrogen (secondary N) is 1. The van der Waals surface area contributed by atoms with E-state index < -0.39 is 0 Å². The molecule has 0 spiro atoms. The monoisotopic (exact) mass is 494 g/mol. The van der Waals surface area contributed by atoms with Crippen LogP contribution in [0, 0.1) is 0 Å². The molecular formula is C27H24Cl2N2O3. The van der Waals surface area contributed by atoms with Gasteiger partial charge < -0.3 is 14.5 Å². The van der Waals surface area contributed by atoms with Crippen LogP contribution < -0.4 is 10.1 Å². The van der Waals surface area contributed by atoms with E-state index in [0.29, 0.717) is 50.0 Å². The number of oxazole rings is 1. The molecule has 34 heavy (non-hydrogen) atoms. The molecule has 0 saturated heterocycles. The molecule has 1 heterocycles. The number of nitrogens with zero attached hydrogens (tertiary/aromatic N) is 1. The number of hydrogen-bond acceptors (Lipinski definition) is 4. The van der Waals surface area contributed by atoms with Gasteiger partial charge in [0.25, 0.3) is 5.91 Å². The summed E-state index contributed by atoms with van der Waals surface area (Å²) in [6, 6.07) is 18.7. The number of benzene rings is 3. The van der Waals surface area contributed by atoms with Gasteiger partial charge in [-0.2, -0.15) is 0 Å². The van der Waals surface area contributed by atoms with Gasteiger partial charge >= 0.3 is 0 Å². The zero-order chi connectivity index (χ0) is 23.5. The number of rotatable bonds is 6. The summed E-state index contributed by atoms with van der Waals surface area (Å²) >= 11 is 12.3. The highest BCUT2D eigenvalue weighted by Crippen LogP contribution is 2.34. The average molecular weight is 495 g/mol. The minimum Gasteiger partial charge on any atom is -0.484 e. The second kappa shape index (κ2) is 10.1. The van der Waals surface area contributed by atoms with E-state index in [9.17, 15) is 4.79 Å². The van der Waals surface area contributed by atoms with Gasteiger partial charge in [-0.15, -0.1) is 0 Å². The van der Waals surface area contributed by atoms with Gasteiger partial charge in [0.1, 0.15) is 11.3 Å². The van der Waals surface area contributed by atoms with Crippen LogP contribution in [0.1, 0.15) is 43.6 Å². The van der Waals surface area contributed by atoms with Crippen LogP contribution in [0.25, 0.3) is 22.6 Å². The van der Waals surface area contributed by atoms with E-state index in [-0.39, 0.29) is 12.5 Å². The lowest BCUT2D eigenvalue weighted by molar-refractivity contribution is -0.118. The Morgan fingerprint density at radius 2 is 1.82 bits per heavy atom. The van der Waals surface area contributed by atoms with Gasteiger partial charge in [0, 0.05) is 16.3 Å². The van der Waals surface area contributed by atoms with Gasteiger partial charge in [-0.1, -0.05) is 60.7 Å². The van der Waals surface area contributed by atoms with E-state index in [1.165, 1.54) is 37.7 Å². The SMILES string of the molecule is O=C(COc1ccc(C2CCCCC2)cc1)Nc1cccc(-c2nc3cc(Cl)cc(Cl)c3o2)c1. The number of aromatic nitrogens is 1. The zero-order valence-electron chi connectivity index (χ0n) is 18.5. The van der Waals surface area contributed by atoms with Gasteiger partial charge in [0.2, 0.25) is 5.89 Å². The smallest absolute Gasteiger partial charge is 0.262 e. The van der Waals surface area contributed by atoms with Crippen LogP contribution in [0.4, 0.5) is 5.69 Å². The third kappa shape index (κ3) is 5.21. The first-order valence-electron chi connectivity index (χ1n) is 11.4. The second-order valence-electron chi connectivity index (χ2n) is 8.58. The number of halogens is 2. The molecule has 0 atom stereocenters. The third-order valence-corrected chi connectivity index (χ3v) is 6.63. The maximum Gasteiger partial charge on any atom is 0.262 e. The zero-order valence-corrected chi connectivity index (χ0v) is 20.0. The molecule has 1 aliphatic rings. The van der Waals surface area contributed by atoms with Crippen molar-refractivity contribution in [2.45, 2.75) is 38.0 Å². The fraction of sp³-hybridized carbons (Fsp3) is 0.259. The largest absolute Gasteiger partial charge is 0.484 e. The molecule has 4 aromatic rings. The first-order chi connectivity index (χ1) is 16.5. The molecule has 1 fully saturated rings. The Hall–Kier alpha value is -3.02. The number of carbonyl (C=O) groups excluding carboxylic acids is 1. The fourth-order valence-corrected chi connectivity index (χ4v) is 4.95.